The lowest BCUT2D eigenvalue weighted by Crippen LogP contribution is -2.51. The molecule has 7 rings (SSSR count). The van der Waals surface area contributed by atoms with E-state index < -0.39 is 24.3 Å². The molecule has 4 atom stereocenters. The Morgan fingerprint density at radius 1 is 0.719 bits per heavy atom. The molecule has 5 heterocycles. The number of methoxy groups -OCH3 is 2. The maximum absolute atomic E-state index is 13.6. The summed E-state index contributed by atoms with van der Waals surface area (Å²) in [6.45, 7) is 8.77. The number of fused-ring (bicyclic) bond motifs is 1. The summed E-state index contributed by atoms with van der Waals surface area (Å²) in [5.74, 6) is 0.913. The SMILES string of the molecule is COC(=O)N[C@H](C(=O)N1CCC[C@H]1c1ncc(-c2ccc(-c3nc4cc(-c5cnc([C@@H]6CCCN6C(=O)[C@@H](NC(=O)OC)C(C)C)[nH]5)ccc4s3)cc2)[nH]1)C(C)C. The molecule has 57 heavy (non-hydrogen) atoms. The molecule has 3 aromatic heterocycles. The number of ether oxygens (including phenoxy) is 2. The van der Waals surface area contributed by atoms with Crippen molar-refractivity contribution in [3.8, 4) is 33.1 Å². The third-order valence-corrected chi connectivity index (χ3v) is 11.9. The number of hydrogen-bond acceptors (Lipinski definition) is 10. The van der Waals surface area contributed by atoms with Crippen LogP contribution in [0.5, 0.6) is 0 Å². The Kier molecular flexibility index (Phi) is 11.6. The van der Waals surface area contributed by atoms with Gasteiger partial charge in [-0.25, -0.2) is 24.5 Å². The van der Waals surface area contributed by atoms with Crippen molar-refractivity contribution in [3.63, 3.8) is 0 Å². The predicted octanol–water partition coefficient (Wildman–Crippen LogP) is 6.83. The molecule has 300 valence electrons. The summed E-state index contributed by atoms with van der Waals surface area (Å²) < 4.78 is 10.6. The molecular formula is C41H49N9O6S. The topological polar surface area (TPSA) is 188 Å². The van der Waals surface area contributed by atoms with Gasteiger partial charge in [0.25, 0.3) is 0 Å². The van der Waals surface area contributed by atoms with Crippen LogP contribution in [0.2, 0.25) is 0 Å². The second kappa shape index (κ2) is 16.8. The number of imidazole rings is 2. The van der Waals surface area contributed by atoms with Gasteiger partial charge in [0.2, 0.25) is 11.8 Å². The summed E-state index contributed by atoms with van der Waals surface area (Å²) in [6.07, 6.45) is 5.57. The van der Waals surface area contributed by atoms with Gasteiger partial charge in [-0.15, -0.1) is 11.3 Å². The molecule has 0 bridgehead atoms. The zero-order chi connectivity index (χ0) is 40.4. The highest BCUT2D eigenvalue weighted by atomic mass is 32.1. The third kappa shape index (κ3) is 8.22. The van der Waals surface area contributed by atoms with Crippen molar-refractivity contribution in [1.82, 2.24) is 45.4 Å². The lowest BCUT2D eigenvalue weighted by atomic mass is 10.0. The third-order valence-electron chi connectivity index (χ3n) is 10.8. The number of aromatic amines is 2. The van der Waals surface area contributed by atoms with Gasteiger partial charge in [0.05, 0.1) is 60.3 Å². The molecule has 0 radical (unpaired) electrons. The Hall–Kier alpha value is -5.77. The minimum absolute atomic E-state index is 0.109. The van der Waals surface area contributed by atoms with Gasteiger partial charge in [-0.3, -0.25) is 9.59 Å². The van der Waals surface area contributed by atoms with Gasteiger partial charge < -0.3 is 39.9 Å². The molecule has 2 aliphatic rings. The average molecular weight is 796 g/mol. The second-order valence-electron chi connectivity index (χ2n) is 15.2. The normalized spacial score (nSPS) is 18.0. The number of amides is 4. The zero-order valence-corrected chi connectivity index (χ0v) is 33.8. The predicted molar refractivity (Wildman–Crippen MR) is 216 cm³/mol. The first kappa shape index (κ1) is 39.5. The van der Waals surface area contributed by atoms with E-state index >= 15 is 0 Å². The summed E-state index contributed by atoms with van der Waals surface area (Å²) in [5.41, 5.74) is 5.44. The molecule has 2 aromatic carbocycles. The summed E-state index contributed by atoms with van der Waals surface area (Å²) in [7, 11) is 2.58. The Labute approximate surface area is 335 Å². The molecule has 4 N–H and O–H groups in total. The molecule has 16 heteroatoms. The van der Waals surface area contributed by atoms with Crippen LogP contribution in [0.3, 0.4) is 0 Å². The van der Waals surface area contributed by atoms with E-state index in [4.69, 9.17) is 19.4 Å². The average Bonchev–Trinajstić information content (AvgIpc) is 4.06. The lowest BCUT2D eigenvalue weighted by Gasteiger charge is -2.30. The molecule has 0 aliphatic carbocycles. The largest absolute Gasteiger partial charge is 0.453 e. The molecule has 15 nitrogen and oxygen atoms in total. The zero-order valence-electron chi connectivity index (χ0n) is 33.0. The van der Waals surface area contributed by atoms with E-state index in [1.165, 1.54) is 14.2 Å². The molecule has 2 aliphatic heterocycles. The monoisotopic (exact) mass is 795 g/mol. The number of aromatic nitrogens is 5. The number of carbonyl (C=O) groups is 4. The first-order valence-corrected chi connectivity index (χ1v) is 20.2. The van der Waals surface area contributed by atoms with E-state index in [2.05, 4.69) is 31.7 Å². The molecular weight excluding hydrogens is 747 g/mol. The van der Waals surface area contributed by atoms with E-state index in [1.54, 1.807) is 33.5 Å². The highest BCUT2D eigenvalue weighted by Gasteiger charge is 2.39. The van der Waals surface area contributed by atoms with E-state index in [1.807, 2.05) is 64.1 Å². The summed E-state index contributed by atoms with van der Waals surface area (Å²) >= 11 is 1.62. The highest BCUT2D eigenvalue weighted by Crippen LogP contribution is 2.37. The molecule has 4 amide bonds. The number of likely N-dealkylation sites (tertiary alicyclic amines) is 2. The quantitative estimate of drug-likeness (QED) is 0.111. The first-order valence-electron chi connectivity index (χ1n) is 19.4. The Balaban J connectivity index is 1.03. The number of nitrogens with one attached hydrogen (secondary N) is 4. The van der Waals surface area contributed by atoms with Crippen LogP contribution in [0.4, 0.5) is 9.59 Å². The van der Waals surface area contributed by atoms with Crippen molar-refractivity contribution in [1.29, 1.82) is 0 Å². The Morgan fingerprint density at radius 3 is 1.68 bits per heavy atom. The number of H-pyrrole nitrogens is 2. The molecule has 0 unspecified atom stereocenters. The number of rotatable bonds is 11. The number of nitrogens with zero attached hydrogens (tertiary/aromatic N) is 5. The Morgan fingerprint density at radius 2 is 1.19 bits per heavy atom. The number of thiazole rings is 1. The van der Waals surface area contributed by atoms with Crippen LogP contribution in [0.15, 0.2) is 54.9 Å². The van der Waals surface area contributed by atoms with Gasteiger partial charge in [-0.05, 0) is 55.2 Å². The van der Waals surface area contributed by atoms with E-state index in [-0.39, 0.29) is 35.7 Å². The minimum Gasteiger partial charge on any atom is -0.453 e. The number of carbonyl (C=O) groups excluding carboxylic acids is 4. The first-order chi connectivity index (χ1) is 27.4. The number of hydrogen-bond donors (Lipinski definition) is 4. The van der Waals surface area contributed by atoms with Crippen LogP contribution in [0, 0.1) is 11.8 Å². The van der Waals surface area contributed by atoms with Crippen molar-refractivity contribution in [2.45, 2.75) is 77.5 Å². The van der Waals surface area contributed by atoms with Gasteiger partial charge in [0, 0.05) is 24.2 Å². The van der Waals surface area contributed by atoms with Crippen molar-refractivity contribution >= 4 is 45.6 Å². The van der Waals surface area contributed by atoms with Crippen LogP contribution in [-0.2, 0) is 19.1 Å². The molecule has 2 saturated heterocycles. The van der Waals surface area contributed by atoms with Crippen molar-refractivity contribution in [3.05, 3.63) is 66.5 Å². The fourth-order valence-electron chi connectivity index (χ4n) is 7.70. The van der Waals surface area contributed by atoms with Gasteiger partial charge in [-0.1, -0.05) is 58.0 Å². The maximum Gasteiger partial charge on any atom is 0.407 e. The second-order valence-corrected chi connectivity index (χ2v) is 16.3. The number of alkyl carbamates (subject to hydrolysis) is 2. The van der Waals surface area contributed by atoms with Gasteiger partial charge in [0.1, 0.15) is 28.7 Å². The van der Waals surface area contributed by atoms with Crippen LogP contribution < -0.4 is 10.6 Å². The minimum atomic E-state index is -0.697. The van der Waals surface area contributed by atoms with E-state index in [9.17, 15) is 19.2 Å². The molecule has 0 spiro atoms. The molecule has 5 aromatic rings. The van der Waals surface area contributed by atoms with Crippen LogP contribution in [0.25, 0.3) is 43.3 Å². The highest BCUT2D eigenvalue weighted by molar-refractivity contribution is 7.21. The smallest absolute Gasteiger partial charge is 0.407 e. The molecule has 0 saturated carbocycles. The van der Waals surface area contributed by atoms with Crippen molar-refractivity contribution < 1.29 is 28.7 Å². The number of benzene rings is 2. The lowest BCUT2D eigenvalue weighted by molar-refractivity contribution is -0.136. The maximum atomic E-state index is 13.6. The van der Waals surface area contributed by atoms with E-state index in [0.29, 0.717) is 24.7 Å². The van der Waals surface area contributed by atoms with Crippen molar-refractivity contribution in [2.75, 3.05) is 27.3 Å². The fourth-order valence-corrected chi connectivity index (χ4v) is 8.65. The van der Waals surface area contributed by atoms with Gasteiger partial charge in [-0.2, -0.15) is 0 Å². The fraction of sp³-hybridized carbons (Fsp3) is 0.439. The van der Waals surface area contributed by atoms with Crippen LogP contribution >= 0.6 is 11.3 Å². The van der Waals surface area contributed by atoms with Crippen LogP contribution in [-0.4, -0.2) is 98.1 Å². The summed E-state index contributed by atoms with van der Waals surface area (Å²) in [6, 6.07) is 12.5. The Bertz CT molecular complexity index is 2250. The van der Waals surface area contributed by atoms with Gasteiger partial charge in [0.15, 0.2) is 0 Å². The molecule has 2 fully saturated rings. The van der Waals surface area contributed by atoms with Crippen LogP contribution in [0.1, 0.15) is 77.1 Å². The van der Waals surface area contributed by atoms with Gasteiger partial charge >= 0.3 is 12.2 Å². The van der Waals surface area contributed by atoms with Crippen molar-refractivity contribution in [2.24, 2.45) is 11.8 Å². The van der Waals surface area contributed by atoms with E-state index in [0.717, 1.165) is 69.0 Å². The summed E-state index contributed by atoms with van der Waals surface area (Å²) in [5, 5.41) is 6.28. The summed E-state index contributed by atoms with van der Waals surface area (Å²) in [4.78, 5) is 75.9. The standard InChI is InChI=1S/C41H49N9O6S/c1-22(2)33(47-40(53)55-5)38(51)49-17-7-9-30(49)35-42-20-28(44-35)24-11-13-25(14-12-24)37-46-27-19-26(15-16-32(27)57-37)29-21-43-36(45-29)31-10-8-18-50(31)39(52)34(23(3)4)48-41(54)56-6/h11-16,19-23,30-31,33-34H,7-10,17-18H2,1-6H3,(H,42,44)(H,43,45)(H,47,53)(H,48,54)/t30-,31-,33-,34-/m0/s1.